The van der Waals surface area contributed by atoms with Gasteiger partial charge in [-0.3, -0.25) is 4.79 Å². The third-order valence-electron chi connectivity index (χ3n) is 4.61. The predicted octanol–water partition coefficient (Wildman–Crippen LogP) is 4.26. The number of benzene rings is 2. The standard InChI is InChI=1S/C21H22ClN3O2/c1-21(2)12-16(9-10-24-21)25-20(26)14-7-8-19(17(22)11-14)27-18-6-4-3-5-15(18)13-23/h3-8,11,16,24H,9-10,12H2,1-2H3,(H,25,26). The molecule has 5 nitrogen and oxygen atoms in total. The number of carbonyl (C=O) groups excluding carboxylic acids is 1. The van der Waals surface area contributed by atoms with E-state index < -0.39 is 0 Å². The number of nitrogens with one attached hydrogen (secondary N) is 2. The number of amides is 1. The fourth-order valence-electron chi connectivity index (χ4n) is 3.26. The van der Waals surface area contributed by atoms with E-state index in [0.29, 0.717) is 27.6 Å². The van der Waals surface area contributed by atoms with Crippen molar-refractivity contribution >= 4 is 17.5 Å². The van der Waals surface area contributed by atoms with Crippen LogP contribution in [0, 0.1) is 11.3 Å². The second-order valence-electron chi connectivity index (χ2n) is 7.33. The summed E-state index contributed by atoms with van der Waals surface area (Å²) in [5, 5.41) is 16.0. The molecule has 1 heterocycles. The van der Waals surface area contributed by atoms with E-state index in [0.717, 1.165) is 19.4 Å². The van der Waals surface area contributed by atoms with Crippen LogP contribution in [0.4, 0.5) is 0 Å². The van der Waals surface area contributed by atoms with Gasteiger partial charge in [-0.1, -0.05) is 23.7 Å². The van der Waals surface area contributed by atoms with Gasteiger partial charge in [-0.15, -0.1) is 0 Å². The summed E-state index contributed by atoms with van der Waals surface area (Å²) >= 11 is 6.31. The Morgan fingerprint density at radius 3 is 2.78 bits per heavy atom. The average Bonchev–Trinajstić information content (AvgIpc) is 2.63. The number of nitrogens with zero attached hydrogens (tertiary/aromatic N) is 1. The summed E-state index contributed by atoms with van der Waals surface area (Å²) in [7, 11) is 0. The number of hydrogen-bond acceptors (Lipinski definition) is 4. The first-order valence-electron chi connectivity index (χ1n) is 8.90. The van der Waals surface area contributed by atoms with Crippen molar-refractivity contribution in [3.8, 4) is 17.6 Å². The molecule has 140 valence electrons. The normalized spacial score (nSPS) is 18.4. The van der Waals surface area contributed by atoms with Gasteiger partial charge in [0.2, 0.25) is 0 Å². The van der Waals surface area contributed by atoms with Crippen LogP contribution in [0.3, 0.4) is 0 Å². The molecule has 6 heteroatoms. The van der Waals surface area contributed by atoms with E-state index in [1.165, 1.54) is 0 Å². The van der Waals surface area contributed by atoms with Crippen LogP contribution in [0.2, 0.25) is 5.02 Å². The zero-order valence-electron chi connectivity index (χ0n) is 15.4. The summed E-state index contributed by atoms with van der Waals surface area (Å²) in [6.07, 6.45) is 1.77. The molecule has 3 rings (SSSR count). The Kier molecular flexibility index (Phi) is 5.69. The van der Waals surface area contributed by atoms with Gasteiger partial charge in [-0.2, -0.15) is 5.26 Å². The molecule has 1 amide bonds. The van der Waals surface area contributed by atoms with Crippen molar-refractivity contribution in [2.24, 2.45) is 0 Å². The van der Waals surface area contributed by atoms with Gasteiger partial charge in [0.15, 0.2) is 0 Å². The smallest absolute Gasteiger partial charge is 0.251 e. The largest absolute Gasteiger partial charge is 0.454 e. The Morgan fingerprint density at radius 1 is 1.30 bits per heavy atom. The van der Waals surface area contributed by atoms with Crippen LogP contribution in [0.5, 0.6) is 11.5 Å². The molecule has 1 aliphatic heterocycles. The van der Waals surface area contributed by atoms with Crippen molar-refractivity contribution in [2.45, 2.75) is 38.3 Å². The third kappa shape index (κ3) is 4.79. The van der Waals surface area contributed by atoms with Crippen LogP contribution in [0.15, 0.2) is 42.5 Å². The van der Waals surface area contributed by atoms with Crippen molar-refractivity contribution in [3.63, 3.8) is 0 Å². The van der Waals surface area contributed by atoms with Crippen molar-refractivity contribution in [1.82, 2.24) is 10.6 Å². The number of piperidine rings is 1. The summed E-state index contributed by atoms with van der Waals surface area (Å²) in [4.78, 5) is 12.6. The van der Waals surface area contributed by atoms with E-state index in [1.807, 2.05) is 0 Å². The maximum Gasteiger partial charge on any atom is 0.251 e. The first kappa shape index (κ1) is 19.2. The Bertz CT molecular complexity index is 889. The molecule has 2 aromatic rings. The van der Waals surface area contributed by atoms with Gasteiger partial charge in [0.05, 0.1) is 10.6 Å². The van der Waals surface area contributed by atoms with Crippen LogP contribution in [0.25, 0.3) is 0 Å². The van der Waals surface area contributed by atoms with Crippen LogP contribution in [-0.2, 0) is 0 Å². The molecule has 1 fully saturated rings. The van der Waals surface area contributed by atoms with Gasteiger partial charge in [0, 0.05) is 17.1 Å². The first-order valence-corrected chi connectivity index (χ1v) is 9.28. The topological polar surface area (TPSA) is 74.1 Å². The molecule has 27 heavy (non-hydrogen) atoms. The summed E-state index contributed by atoms with van der Waals surface area (Å²) < 4.78 is 5.75. The minimum Gasteiger partial charge on any atom is -0.454 e. The molecule has 2 N–H and O–H groups in total. The molecule has 0 aliphatic carbocycles. The van der Waals surface area contributed by atoms with Crippen molar-refractivity contribution in [3.05, 3.63) is 58.6 Å². The zero-order chi connectivity index (χ0) is 19.4. The van der Waals surface area contributed by atoms with Crippen LogP contribution < -0.4 is 15.4 Å². The molecule has 0 spiro atoms. The minimum atomic E-state index is -0.149. The lowest BCUT2D eigenvalue weighted by Gasteiger charge is -2.36. The highest BCUT2D eigenvalue weighted by Crippen LogP contribution is 2.32. The van der Waals surface area contributed by atoms with E-state index in [9.17, 15) is 4.79 Å². The van der Waals surface area contributed by atoms with Crippen LogP contribution >= 0.6 is 11.6 Å². The monoisotopic (exact) mass is 383 g/mol. The Balaban J connectivity index is 1.71. The Hall–Kier alpha value is -2.55. The molecule has 1 aliphatic rings. The van der Waals surface area contributed by atoms with Gasteiger partial charge in [-0.25, -0.2) is 0 Å². The van der Waals surface area contributed by atoms with E-state index >= 15 is 0 Å². The number of carbonyl (C=O) groups is 1. The number of rotatable bonds is 4. The second-order valence-corrected chi connectivity index (χ2v) is 7.74. The fraction of sp³-hybridized carbons (Fsp3) is 0.333. The van der Waals surface area contributed by atoms with Gasteiger partial charge in [-0.05, 0) is 63.6 Å². The highest BCUT2D eigenvalue weighted by molar-refractivity contribution is 6.32. The average molecular weight is 384 g/mol. The molecular formula is C21H22ClN3O2. The number of hydrogen-bond donors (Lipinski definition) is 2. The van der Waals surface area contributed by atoms with E-state index in [4.69, 9.17) is 21.6 Å². The quantitative estimate of drug-likeness (QED) is 0.827. The molecule has 0 saturated carbocycles. The van der Waals surface area contributed by atoms with E-state index in [2.05, 4.69) is 30.6 Å². The number of para-hydroxylation sites is 1. The van der Waals surface area contributed by atoms with Crippen molar-refractivity contribution < 1.29 is 9.53 Å². The number of nitriles is 1. The predicted molar refractivity (Wildman–Crippen MR) is 105 cm³/mol. The molecule has 0 aromatic heterocycles. The summed E-state index contributed by atoms with van der Waals surface area (Å²) in [6, 6.07) is 14.1. The lowest BCUT2D eigenvalue weighted by atomic mass is 9.89. The summed E-state index contributed by atoms with van der Waals surface area (Å²) in [6.45, 7) is 5.14. The maximum absolute atomic E-state index is 12.6. The molecule has 0 bridgehead atoms. The molecule has 1 atom stereocenters. The SMILES string of the molecule is CC1(C)CC(NC(=O)c2ccc(Oc3ccccc3C#N)c(Cl)c2)CCN1. The maximum atomic E-state index is 12.6. The number of halogens is 1. The third-order valence-corrected chi connectivity index (χ3v) is 4.91. The second kappa shape index (κ2) is 7.99. The van der Waals surface area contributed by atoms with Crippen LogP contribution in [-0.4, -0.2) is 24.0 Å². The minimum absolute atomic E-state index is 0.0136. The zero-order valence-corrected chi connectivity index (χ0v) is 16.1. The first-order chi connectivity index (χ1) is 12.9. The molecule has 1 saturated heterocycles. The number of ether oxygens (including phenoxy) is 1. The van der Waals surface area contributed by atoms with Gasteiger partial charge in [0.1, 0.15) is 17.6 Å². The van der Waals surface area contributed by atoms with Crippen LogP contribution in [0.1, 0.15) is 42.6 Å². The molecular weight excluding hydrogens is 362 g/mol. The fourth-order valence-corrected chi connectivity index (χ4v) is 3.48. The Morgan fingerprint density at radius 2 is 2.07 bits per heavy atom. The van der Waals surface area contributed by atoms with Crippen molar-refractivity contribution in [2.75, 3.05) is 6.54 Å². The summed E-state index contributed by atoms with van der Waals surface area (Å²) in [5.74, 6) is 0.679. The molecule has 2 aromatic carbocycles. The van der Waals surface area contributed by atoms with E-state index in [1.54, 1.807) is 42.5 Å². The summed E-state index contributed by atoms with van der Waals surface area (Å²) in [5.41, 5.74) is 0.917. The molecule has 1 unspecified atom stereocenters. The lowest BCUT2D eigenvalue weighted by Crippen LogP contribution is -2.53. The van der Waals surface area contributed by atoms with Gasteiger partial charge < -0.3 is 15.4 Å². The highest BCUT2D eigenvalue weighted by Gasteiger charge is 2.28. The highest BCUT2D eigenvalue weighted by atomic mass is 35.5. The van der Waals surface area contributed by atoms with Gasteiger partial charge >= 0.3 is 0 Å². The van der Waals surface area contributed by atoms with Crippen molar-refractivity contribution in [1.29, 1.82) is 5.26 Å². The molecule has 0 radical (unpaired) electrons. The van der Waals surface area contributed by atoms with E-state index in [-0.39, 0.29) is 17.5 Å². The Labute approximate surface area is 164 Å². The van der Waals surface area contributed by atoms with Gasteiger partial charge in [0.25, 0.3) is 5.91 Å². The lowest BCUT2D eigenvalue weighted by molar-refractivity contribution is 0.0916.